The molecule has 0 unspecified atom stereocenters. The number of carbonyl (C=O) groups excluding carboxylic acids is 1. The maximum absolute atomic E-state index is 12.3. The molecule has 0 atom stereocenters. The molecule has 4 nitrogen and oxygen atoms in total. The normalized spacial score (nSPS) is 14.3. The summed E-state index contributed by atoms with van der Waals surface area (Å²) in [6.45, 7) is 4.30. The van der Waals surface area contributed by atoms with Gasteiger partial charge >= 0.3 is 0 Å². The van der Waals surface area contributed by atoms with Gasteiger partial charge in [-0.25, -0.2) is 0 Å². The molecule has 4 heteroatoms. The van der Waals surface area contributed by atoms with Gasteiger partial charge in [-0.1, -0.05) is 24.6 Å². The fraction of sp³-hybridized carbons (Fsp3) is 0.444. The van der Waals surface area contributed by atoms with Gasteiger partial charge in [-0.05, 0) is 56.2 Å². The summed E-state index contributed by atoms with van der Waals surface area (Å²) in [6.07, 6.45) is 7.90. The third-order valence-electron chi connectivity index (χ3n) is 4.34. The van der Waals surface area contributed by atoms with Crippen molar-refractivity contribution in [3.63, 3.8) is 0 Å². The molecule has 0 spiro atoms. The van der Waals surface area contributed by atoms with Crippen LogP contribution in [0.1, 0.15) is 41.6 Å². The number of nitrogens with one attached hydrogen (secondary N) is 1. The van der Waals surface area contributed by atoms with Gasteiger partial charge in [-0.3, -0.25) is 9.48 Å². The summed E-state index contributed by atoms with van der Waals surface area (Å²) in [7, 11) is 0. The van der Waals surface area contributed by atoms with Crippen LogP contribution in [-0.2, 0) is 24.2 Å². The van der Waals surface area contributed by atoms with Crippen LogP contribution in [0.25, 0.3) is 0 Å². The summed E-state index contributed by atoms with van der Waals surface area (Å²) in [5, 5.41) is 7.61. The third-order valence-corrected chi connectivity index (χ3v) is 4.34. The average Bonchev–Trinajstić information content (AvgIpc) is 2.72. The Bertz CT molecular complexity index is 644. The van der Waals surface area contributed by atoms with Gasteiger partial charge in [0.05, 0.1) is 5.69 Å². The van der Waals surface area contributed by atoms with Crippen molar-refractivity contribution in [1.82, 2.24) is 9.78 Å². The van der Waals surface area contributed by atoms with E-state index in [4.69, 9.17) is 0 Å². The zero-order chi connectivity index (χ0) is 15.5. The van der Waals surface area contributed by atoms with Crippen LogP contribution in [0.2, 0.25) is 0 Å². The second-order valence-electron chi connectivity index (χ2n) is 6.17. The number of anilines is 1. The van der Waals surface area contributed by atoms with Crippen molar-refractivity contribution in [3.05, 3.63) is 46.8 Å². The molecule has 0 radical (unpaired) electrons. The van der Waals surface area contributed by atoms with Crippen LogP contribution in [0.3, 0.4) is 0 Å². The monoisotopic (exact) mass is 297 g/mol. The lowest BCUT2D eigenvalue weighted by molar-refractivity contribution is -0.116. The van der Waals surface area contributed by atoms with E-state index in [1.165, 1.54) is 30.5 Å². The van der Waals surface area contributed by atoms with Crippen LogP contribution in [0.5, 0.6) is 0 Å². The first-order chi connectivity index (χ1) is 10.6. The van der Waals surface area contributed by atoms with Crippen LogP contribution in [0.15, 0.2) is 24.4 Å². The first-order valence-corrected chi connectivity index (χ1v) is 8.05. The molecule has 1 aliphatic rings. The molecule has 1 aromatic carbocycles. The summed E-state index contributed by atoms with van der Waals surface area (Å²) >= 11 is 0. The van der Waals surface area contributed by atoms with E-state index in [0.717, 1.165) is 29.7 Å². The SMILES string of the molecule is Cc1cccc(C)c1NC(=O)Cn1cc2c(n1)CCCCC2. The predicted octanol–water partition coefficient (Wildman–Crippen LogP) is 3.41. The summed E-state index contributed by atoms with van der Waals surface area (Å²) in [6, 6.07) is 6.03. The number of carbonyl (C=O) groups is 1. The fourth-order valence-corrected chi connectivity index (χ4v) is 3.13. The number of para-hydroxylation sites is 1. The van der Waals surface area contributed by atoms with Crippen LogP contribution < -0.4 is 5.32 Å². The zero-order valence-electron chi connectivity index (χ0n) is 13.4. The number of rotatable bonds is 3. The number of aryl methyl sites for hydroxylation is 4. The van der Waals surface area contributed by atoms with Crippen molar-refractivity contribution in [2.24, 2.45) is 0 Å². The van der Waals surface area contributed by atoms with Gasteiger partial charge in [0, 0.05) is 11.9 Å². The molecule has 0 fully saturated rings. The van der Waals surface area contributed by atoms with E-state index in [9.17, 15) is 4.79 Å². The molecule has 0 bridgehead atoms. The van der Waals surface area contributed by atoms with Gasteiger partial charge in [0.1, 0.15) is 6.54 Å². The minimum atomic E-state index is -0.0185. The number of amides is 1. The molecule has 1 amide bonds. The van der Waals surface area contributed by atoms with Crippen LogP contribution >= 0.6 is 0 Å². The van der Waals surface area contributed by atoms with E-state index in [0.29, 0.717) is 0 Å². The molecule has 22 heavy (non-hydrogen) atoms. The molecule has 3 rings (SSSR count). The molecule has 0 saturated carbocycles. The predicted molar refractivity (Wildman–Crippen MR) is 88.0 cm³/mol. The lowest BCUT2D eigenvalue weighted by Gasteiger charge is -2.11. The van der Waals surface area contributed by atoms with E-state index >= 15 is 0 Å². The van der Waals surface area contributed by atoms with Crippen molar-refractivity contribution in [3.8, 4) is 0 Å². The van der Waals surface area contributed by atoms with Gasteiger partial charge in [-0.2, -0.15) is 5.10 Å². The number of aromatic nitrogens is 2. The maximum atomic E-state index is 12.3. The minimum absolute atomic E-state index is 0.0185. The van der Waals surface area contributed by atoms with Gasteiger partial charge < -0.3 is 5.32 Å². The second-order valence-corrected chi connectivity index (χ2v) is 6.17. The Hall–Kier alpha value is -2.10. The Morgan fingerprint density at radius 1 is 1.18 bits per heavy atom. The summed E-state index contributed by atoms with van der Waals surface area (Å²) in [5.74, 6) is -0.0185. The van der Waals surface area contributed by atoms with E-state index in [-0.39, 0.29) is 12.5 Å². The molecule has 1 heterocycles. The molecular formula is C18H23N3O. The smallest absolute Gasteiger partial charge is 0.246 e. The minimum Gasteiger partial charge on any atom is -0.324 e. The van der Waals surface area contributed by atoms with E-state index < -0.39 is 0 Å². The molecule has 0 aliphatic heterocycles. The fourth-order valence-electron chi connectivity index (χ4n) is 3.13. The molecule has 1 aromatic heterocycles. The Morgan fingerprint density at radius 2 is 1.91 bits per heavy atom. The molecule has 1 N–H and O–H groups in total. The van der Waals surface area contributed by atoms with Crippen molar-refractivity contribution < 1.29 is 4.79 Å². The number of fused-ring (bicyclic) bond motifs is 1. The second kappa shape index (κ2) is 6.34. The largest absolute Gasteiger partial charge is 0.324 e. The van der Waals surface area contributed by atoms with Crippen molar-refractivity contribution in [2.75, 3.05) is 5.32 Å². The Balaban J connectivity index is 1.70. The third kappa shape index (κ3) is 3.21. The molecule has 116 valence electrons. The Labute approximate surface area is 131 Å². The standard InChI is InChI=1S/C18H23N3O/c1-13-7-6-8-14(2)18(13)19-17(22)12-21-11-15-9-4-3-5-10-16(15)20-21/h6-8,11H,3-5,9-10,12H2,1-2H3,(H,19,22). The van der Waals surface area contributed by atoms with Crippen LogP contribution in [0, 0.1) is 13.8 Å². The van der Waals surface area contributed by atoms with Gasteiger partial charge in [0.2, 0.25) is 5.91 Å². The van der Waals surface area contributed by atoms with Crippen molar-refractivity contribution >= 4 is 11.6 Å². The highest BCUT2D eigenvalue weighted by Crippen LogP contribution is 2.21. The van der Waals surface area contributed by atoms with E-state index in [1.54, 1.807) is 4.68 Å². The van der Waals surface area contributed by atoms with Gasteiger partial charge in [0.25, 0.3) is 0 Å². The number of nitrogens with zero attached hydrogens (tertiary/aromatic N) is 2. The van der Waals surface area contributed by atoms with Gasteiger partial charge in [-0.15, -0.1) is 0 Å². The molecule has 2 aromatic rings. The summed E-state index contributed by atoms with van der Waals surface area (Å²) in [5.41, 5.74) is 5.59. The van der Waals surface area contributed by atoms with E-state index in [2.05, 4.69) is 10.4 Å². The first-order valence-electron chi connectivity index (χ1n) is 8.05. The van der Waals surface area contributed by atoms with Crippen LogP contribution in [0.4, 0.5) is 5.69 Å². The maximum Gasteiger partial charge on any atom is 0.246 e. The topological polar surface area (TPSA) is 46.9 Å². The summed E-state index contributed by atoms with van der Waals surface area (Å²) < 4.78 is 1.79. The number of hydrogen-bond acceptors (Lipinski definition) is 2. The quantitative estimate of drug-likeness (QED) is 0.883. The lowest BCUT2D eigenvalue weighted by Crippen LogP contribution is -2.20. The summed E-state index contributed by atoms with van der Waals surface area (Å²) in [4.78, 5) is 12.3. The number of benzene rings is 1. The Kier molecular flexibility index (Phi) is 4.27. The molecule has 1 aliphatic carbocycles. The highest BCUT2D eigenvalue weighted by molar-refractivity contribution is 5.92. The highest BCUT2D eigenvalue weighted by atomic mass is 16.2. The average molecular weight is 297 g/mol. The molecule has 0 saturated heterocycles. The highest BCUT2D eigenvalue weighted by Gasteiger charge is 2.14. The van der Waals surface area contributed by atoms with Gasteiger partial charge in [0.15, 0.2) is 0 Å². The lowest BCUT2D eigenvalue weighted by atomic mass is 10.1. The van der Waals surface area contributed by atoms with E-state index in [1.807, 2.05) is 38.2 Å². The Morgan fingerprint density at radius 3 is 2.68 bits per heavy atom. The first kappa shape index (κ1) is 14.8. The number of hydrogen-bond donors (Lipinski definition) is 1. The molecular weight excluding hydrogens is 274 g/mol. The van der Waals surface area contributed by atoms with Crippen molar-refractivity contribution in [1.29, 1.82) is 0 Å². The zero-order valence-corrected chi connectivity index (χ0v) is 13.4. The van der Waals surface area contributed by atoms with Crippen LogP contribution in [-0.4, -0.2) is 15.7 Å². The van der Waals surface area contributed by atoms with Crippen molar-refractivity contribution in [2.45, 2.75) is 52.5 Å².